The van der Waals surface area contributed by atoms with Crippen LogP contribution in [0.25, 0.3) is 0 Å². The molecule has 6 nitrogen and oxygen atoms in total. The van der Waals surface area contributed by atoms with Gasteiger partial charge in [-0.1, -0.05) is 38.1 Å². The van der Waals surface area contributed by atoms with E-state index in [2.05, 4.69) is 33.8 Å². The second-order valence-corrected chi connectivity index (χ2v) is 8.53. The van der Waals surface area contributed by atoms with Gasteiger partial charge in [-0.3, -0.25) is 4.79 Å². The molecule has 0 unspecified atom stereocenters. The minimum Gasteiger partial charge on any atom is -0.415 e. The van der Waals surface area contributed by atoms with E-state index in [0.29, 0.717) is 38.2 Å². The number of anilines is 1. The number of nitrogens with one attached hydrogen (secondary N) is 1. The SMILES string of the molecule is Cc1ccc(NC(=O)C2(c3ccccc3C(C)C)CCN(CCO)CC2)c(OC(F)F)n1. The molecule has 8 heteroatoms. The molecular formula is C24H31F2N3O3. The lowest BCUT2D eigenvalue weighted by molar-refractivity contribution is -0.123. The Labute approximate surface area is 187 Å². The Hall–Kier alpha value is -2.58. The number of aliphatic hydroxyl groups excluding tert-OH is 1. The summed E-state index contributed by atoms with van der Waals surface area (Å²) in [6.07, 6.45) is 1.10. The zero-order valence-corrected chi connectivity index (χ0v) is 18.8. The van der Waals surface area contributed by atoms with E-state index < -0.39 is 12.0 Å². The Morgan fingerprint density at radius 2 is 1.91 bits per heavy atom. The van der Waals surface area contributed by atoms with E-state index >= 15 is 0 Å². The molecule has 1 aromatic carbocycles. The van der Waals surface area contributed by atoms with E-state index in [9.17, 15) is 18.7 Å². The minimum absolute atomic E-state index is 0.0607. The number of rotatable bonds is 8. The summed E-state index contributed by atoms with van der Waals surface area (Å²) in [4.78, 5) is 20.0. The number of pyridine rings is 1. The van der Waals surface area contributed by atoms with Crippen LogP contribution in [0.2, 0.25) is 0 Å². The molecule has 0 bridgehead atoms. The van der Waals surface area contributed by atoms with Crippen LogP contribution >= 0.6 is 0 Å². The van der Waals surface area contributed by atoms with E-state index in [-0.39, 0.29) is 30.0 Å². The number of aryl methyl sites for hydroxylation is 1. The summed E-state index contributed by atoms with van der Waals surface area (Å²) in [6.45, 7) is 4.70. The van der Waals surface area contributed by atoms with Gasteiger partial charge in [0.15, 0.2) is 0 Å². The van der Waals surface area contributed by atoms with Crippen LogP contribution in [0.4, 0.5) is 14.5 Å². The number of carbonyl (C=O) groups is 1. The van der Waals surface area contributed by atoms with E-state index in [1.165, 1.54) is 0 Å². The zero-order valence-electron chi connectivity index (χ0n) is 18.8. The van der Waals surface area contributed by atoms with Gasteiger partial charge >= 0.3 is 6.61 Å². The lowest BCUT2D eigenvalue weighted by Crippen LogP contribution is -2.50. The van der Waals surface area contributed by atoms with Crippen LogP contribution in [0.1, 0.15) is 49.4 Å². The quantitative estimate of drug-likeness (QED) is 0.638. The van der Waals surface area contributed by atoms with Crippen molar-refractivity contribution in [2.24, 2.45) is 0 Å². The van der Waals surface area contributed by atoms with Crippen molar-refractivity contribution in [2.75, 3.05) is 31.6 Å². The smallest absolute Gasteiger partial charge is 0.388 e. The number of amides is 1. The minimum atomic E-state index is -3.04. The maximum Gasteiger partial charge on any atom is 0.388 e. The molecule has 2 N–H and O–H groups in total. The Morgan fingerprint density at radius 1 is 1.22 bits per heavy atom. The van der Waals surface area contributed by atoms with Crippen molar-refractivity contribution in [1.29, 1.82) is 0 Å². The molecule has 2 aromatic rings. The number of β-amino-alcohol motifs (C(OH)–C–C–N with tert-alkyl or cyclic N) is 1. The van der Waals surface area contributed by atoms with Crippen molar-refractivity contribution in [3.8, 4) is 5.88 Å². The number of benzene rings is 1. The van der Waals surface area contributed by atoms with Gasteiger partial charge < -0.3 is 20.1 Å². The van der Waals surface area contributed by atoms with Crippen LogP contribution in [0, 0.1) is 6.92 Å². The molecule has 1 amide bonds. The normalized spacial score (nSPS) is 16.4. The van der Waals surface area contributed by atoms with Gasteiger partial charge in [-0.15, -0.1) is 0 Å². The first-order chi connectivity index (χ1) is 15.3. The zero-order chi connectivity index (χ0) is 23.3. The van der Waals surface area contributed by atoms with Crippen LogP contribution in [-0.2, 0) is 10.2 Å². The Balaban J connectivity index is 2.00. The van der Waals surface area contributed by atoms with Gasteiger partial charge in [-0.25, -0.2) is 4.98 Å². The third kappa shape index (κ3) is 5.24. The highest BCUT2D eigenvalue weighted by atomic mass is 19.3. The van der Waals surface area contributed by atoms with E-state index in [4.69, 9.17) is 0 Å². The number of likely N-dealkylation sites (tertiary alicyclic amines) is 1. The van der Waals surface area contributed by atoms with Gasteiger partial charge in [0.2, 0.25) is 11.8 Å². The van der Waals surface area contributed by atoms with Crippen molar-refractivity contribution in [2.45, 2.75) is 51.6 Å². The third-order valence-corrected chi connectivity index (χ3v) is 6.11. The third-order valence-electron chi connectivity index (χ3n) is 6.11. The first-order valence-electron chi connectivity index (χ1n) is 10.9. The number of piperidine rings is 1. The number of aromatic nitrogens is 1. The number of carbonyl (C=O) groups excluding carboxylic acids is 1. The highest BCUT2D eigenvalue weighted by Gasteiger charge is 2.44. The maximum absolute atomic E-state index is 13.8. The van der Waals surface area contributed by atoms with Crippen molar-refractivity contribution in [3.63, 3.8) is 0 Å². The second-order valence-electron chi connectivity index (χ2n) is 8.53. The Kier molecular flexibility index (Phi) is 7.79. The molecule has 0 aliphatic carbocycles. The fourth-order valence-electron chi connectivity index (χ4n) is 4.40. The monoisotopic (exact) mass is 447 g/mol. The fraction of sp³-hybridized carbons (Fsp3) is 0.500. The standard InChI is InChI=1S/C24H31F2N3O3/c1-16(2)18-6-4-5-7-19(18)24(10-12-29(13-11-24)14-15-30)22(31)28-20-9-8-17(3)27-21(20)32-23(25)26/h4-9,16,23,30H,10-15H2,1-3H3,(H,28,31). The summed E-state index contributed by atoms with van der Waals surface area (Å²) >= 11 is 0. The second kappa shape index (κ2) is 10.4. The van der Waals surface area contributed by atoms with Crippen molar-refractivity contribution < 1.29 is 23.4 Å². The summed E-state index contributed by atoms with van der Waals surface area (Å²) in [5.41, 5.74) is 1.84. The van der Waals surface area contributed by atoms with Gasteiger partial charge in [-0.05, 0) is 62.0 Å². The highest BCUT2D eigenvalue weighted by molar-refractivity contribution is 6.00. The number of ether oxygens (including phenoxy) is 1. The molecule has 2 heterocycles. The lowest BCUT2D eigenvalue weighted by atomic mass is 9.69. The molecule has 3 rings (SSSR count). The Bertz CT molecular complexity index is 928. The first-order valence-corrected chi connectivity index (χ1v) is 10.9. The average molecular weight is 448 g/mol. The fourth-order valence-corrected chi connectivity index (χ4v) is 4.40. The lowest BCUT2D eigenvalue weighted by Gasteiger charge is -2.42. The van der Waals surface area contributed by atoms with E-state index in [1.807, 2.05) is 24.3 Å². The number of hydrogen-bond donors (Lipinski definition) is 2. The van der Waals surface area contributed by atoms with Gasteiger partial charge in [-0.2, -0.15) is 8.78 Å². The molecule has 174 valence electrons. The van der Waals surface area contributed by atoms with Crippen LogP contribution in [0.15, 0.2) is 36.4 Å². The predicted octanol–water partition coefficient (Wildman–Crippen LogP) is 4.08. The van der Waals surface area contributed by atoms with Gasteiger partial charge in [0, 0.05) is 12.2 Å². The topological polar surface area (TPSA) is 74.7 Å². The largest absolute Gasteiger partial charge is 0.415 e. The number of hydrogen-bond acceptors (Lipinski definition) is 5. The molecule has 1 aromatic heterocycles. The molecule has 0 saturated carbocycles. The van der Waals surface area contributed by atoms with E-state index in [0.717, 1.165) is 11.1 Å². The summed E-state index contributed by atoms with van der Waals surface area (Å²) in [6, 6.07) is 11.1. The molecule has 1 aliphatic heterocycles. The van der Waals surface area contributed by atoms with Gasteiger partial charge in [0.1, 0.15) is 5.69 Å². The number of aliphatic hydroxyl groups is 1. The molecule has 1 fully saturated rings. The molecule has 1 aliphatic rings. The Morgan fingerprint density at radius 3 is 2.53 bits per heavy atom. The van der Waals surface area contributed by atoms with Crippen LogP contribution in [0.5, 0.6) is 5.88 Å². The number of halogens is 2. The van der Waals surface area contributed by atoms with Gasteiger partial charge in [0.05, 0.1) is 12.0 Å². The molecule has 32 heavy (non-hydrogen) atoms. The summed E-state index contributed by atoms with van der Waals surface area (Å²) in [7, 11) is 0. The summed E-state index contributed by atoms with van der Waals surface area (Å²) in [5.74, 6) is -0.345. The molecule has 1 saturated heterocycles. The average Bonchev–Trinajstić information content (AvgIpc) is 2.76. The number of alkyl halides is 2. The van der Waals surface area contributed by atoms with Crippen LogP contribution in [-0.4, -0.2) is 53.8 Å². The van der Waals surface area contributed by atoms with Crippen LogP contribution in [0.3, 0.4) is 0 Å². The molecular weight excluding hydrogens is 416 g/mol. The van der Waals surface area contributed by atoms with Gasteiger partial charge in [0.25, 0.3) is 0 Å². The van der Waals surface area contributed by atoms with Crippen LogP contribution < -0.4 is 10.1 Å². The predicted molar refractivity (Wildman–Crippen MR) is 119 cm³/mol. The maximum atomic E-state index is 13.8. The molecule has 0 spiro atoms. The summed E-state index contributed by atoms with van der Waals surface area (Å²) in [5, 5.41) is 12.1. The van der Waals surface area contributed by atoms with E-state index in [1.54, 1.807) is 19.1 Å². The molecule has 0 radical (unpaired) electrons. The first kappa shape index (κ1) is 24.1. The van der Waals surface area contributed by atoms with Crippen molar-refractivity contribution >= 4 is 11.6 Å². The highest BCUT2D eigenvalue weighted by Crippen LogP contribution is 2.41. The number of nitrogens with zero attached hydrogens (tertiary/aromatic N) is 2. The summed E-state index contributed by atoms with van der Waals surface area (Å²) < 4.78 is 30.4. The van der Waals surface area contributed by atoms with Crippen molar-refractivity contribution in [3.05, 3.63) is 53.2 Å². The van der Waals surface area contributed by atoms with Crippen molar-refractivity contribution in [1.82, 2.24) is 9.88 Å². The molecule has 0 atom stereocenters.